The van der Waals surface area contributed by atoms with Gasteiger partial charge in [-0.25, -0.2) is 0 Å². The molecule has 1 N–H and O–H groups in total. The van der Waals surface area contributed by atoms with E-state index in [-0.39, 0.29) is 5.92 Å². The lowest BCUT2D eigenvalue weighted by molar-refractivity contribution is -0.135. The fourth-order valence-electron chi connectivity index (χ4n) is 2.01. The first-order chi connectivity index (χ1) is 6.65. The highest BCUT2D eigenvalue weighted by atomic mass is 16.2. The molecule has 82 valence electrons. The second-order valence-corrected chi connectivity index (χ2v) is 4.48. The molecule has 1 aliphatic rings. The number of likely N-dealkylation sites (tertiary alicyclic amines) is 1. The first kappa shape index (κ1) is 11.5. The Hall–Kier alpha value is -0.570. The van der Waals surface area contributed by atoms with Crippen LogP contribution in [-0.4, -0.2) is 37.5 Å². The van der Waals surface area contributed by atoms with Gasteiger partial charge in [-0.1, -0.05) is 13.8 Å². The second kappa shape index (κ2) is 5.35. The summed E-state index contributed by atoms with van der Waals surface area (Å²) in [6.45, 7) is 6.93. The van der Waals surface area contributed by atoms with Crippen LogP contribution in [0.1, 0.15) is 26.7 Å². The van der Waals surface area contributed by atoms with Gasteiger partial charge in [0, 0.05) is 19.0 Å². The molecule has 0 spiro atoms. The maximum Gasteiger partial charge on any atom is 0.225 e. The van der Waals surface area contributed by atoms with E-state index in [1.807, 2.05) is 25.8 Å². The molecule has 1 fully saturated rings. The van der Waals surface area contributed by atoms with Gasteiger partial charge in [0.25, 0.3) is 0 Å². The lowest BCUT2D eigenvalue weighted by Crippen LogP contribution is -2.42. The van der Waals surface area contributed by atoms with Crippen molar-refractivity contribution in [3.8, 4) is 0 Å². The number of nitrogens with one attached hydrogen (secondary N) is 1. The summed E-state index contributed by atoms with van der Waals surface area (Å²) < 4.78 is 0. The van der Waals surface area contributed by atoms with Crippen LogP contribution in [0.4, 0.5) is 0 Å². The van der Waals surface area contributed by atoms with E-state index in [2.05, 4.69) is 5.32 Å². The summed E-state index contributed by atoms with van der Waals surface area (Å²) in [7, 11) is 1.99. The van der Waals surface area contributed by atoms with Crippen LogP contribution >= 0.6 is 0 Å². The van der Waals surface area contributed by atoms with E-state index in [1.165, 1.54) is 0 Å². The molecule has 1 aliphatic heterocycles. The number of carbonyl (C=O) groups excluding carboxylic acids is 1. The van der Waals surface area contributed by atoms with Crippen LogP contribution in [0.5, 0.6) is 0 Å². The van der Waals surface area contributed by atoms with Gasteiger partial charge in [0.1, 0.15) is 0 Å². The van der Waals surface area contributed by atoms with Crippen molar-refractivity contribution in [2.75, 3.05) is 26.7 Å². The lowest BCUT2D eigenvalue weighted by Gasteiger charge is -2.33. The maximum absolute atomic E-state index is 11.7. The predicted molar refractivity (Wildman–Crippen MR) is 58.1 cm³/mol. The van der Waals surface area contributed by atoms with Gasteiger partial charge in [-0.2, -0.15) is 0 Å². The first-order valence-electron chi connectivity index (χ1n) is 5.58. The lowest BCUT2D eigenvalue weighted by atomic mass is 9.96. The summed E-state index contributed by atoms with van der Waals surface area (Å²) in [5.74, 6) is 1.22. The molecule has 3 nitrogen and oxygen atoms in total. The largest absolute Gasteiger partial charge is 0.342 e. The van der Waals surface area contributed by atoms with Crippen molar-refractivity contribution in [1.29, 1.82) is 0 Å². The van der Waals surface area contributed by atoms with E-state index in [0.717, 1.165) is 38.4 Å². The van der Waals surface area contributed by atoms with Crippen molar-refractivity contribution in [3.63, 3.8) is 0 Å². The summed E-state index contributed by atoms with van der Waals surface area (Å²) in [5, 5.41) is 3.20. The van der Waals surface area contributed by atoms with Crippen LogP contribution in [-0.2, 0) is 4.79 Å². The summed E-state index contributed by atoms with van der Waals surface area (Å²) in [5.41, 5.74) is 0. The molecule has 0 atom stereocenters. The monoisotopic (exact) mass is 198 g/mol. The van der Waals surface area contributed by atoms with Crippen molar-refractivity contribution < 1.29 is 4.79 Å². The molecule has 0 unspecified atom stereocenters. The zero-order valence-corrected chi connectivity index (χ0v) is 9.55. The normalized spacial score (nSPS) is 19.0. The molecule has 0 bridgehead atoms. The predicted octanol–water partition coefficient (Wildman–Crippen LogP) is 1.10. The molecule has 3 heteroatoms. The molecule has 0 aromatic carbocycles. The number of piperidine rings is 1. The summed E-state index contributed by atoms with van der Waals surface area (Å²) in [6, 6.07) is 0. The molecule has 0 radical (unpaired) electrons. The molecule has 1 amide bonds. The van der Waals surface area contributed by atoms with E-state index in [0.29, 0.717) is 5.91 Å². The molecule has 1 heterocycles. The van der Waals surface area contributed by atoms with Gasteiger partial charge >= 0.3 is 0 Å². The quantitative estimate of drug-likeness (QED) is 0.736. The van der Waals surface area contributed by atoms with Crippen LogP contribution in [0, 0.1) is 11.8 Å². The number of rotatable bonds is 3. The molecular formula is C11H22N2O. The number of carbonyl (C=O) groups is 1. The Labute approximate surface area is 86.9 Å². The summed E-state index contributed by atoms with van der Waals surface area (Å²) in [6.07, 6.45) is 2.30. The third kappa shape index (κ3) is 2.98. The summed E-state index contributed by atoms with van der Waals surface area (Å²) >= 11 is 0. The van der Waals surface area contributed by atoms with E-state index in [1.54, 1.807) is 0 Å². The minimum Gasteiger partial charge on any atom is -0.342 e. The van der Waals surface area contributed by atoms with E-state index >= 15 is 0 Å². The molecule has 0 aliphatic carbocycles. The minimum absolute atomic E-state index is 0.149. The smallest absolute Gasteiger partial charge is 0.225 e. The highest BCUT2D eigenvalue weighted by molar-refractivity contribution is 5.78. The zero-order valence-electron chi connectivity index (χ0n) is 9.55. The topological polar surface area (TPSA) is 32.3 Å². The van der Waals surface area contributed by atoms with Crippen LogP contribution in [0.2, 0.25) is 0 Å². The van der Waals surface area contributed by atoms with Crippen molar-refractivity contribution in [2.24, 2.45) is 11.8 Å². The molecule has 1 saturated heterocycles. The Balaban J connectivity index is 2.32. The van der Waals surface area contributed by atoms with Crippen LogP contribution in [0.15, 0.2) is 0 Å². The van der Waals surface area contributed by atoms with E-state index < -0.39 is 0 Å². The number of hydrogen-bond acceptors (Lipinski definition) is 2. The average Bonchev–Trinajstić information content (AvgIpc) is 2.18. The average molecular weight is 198 g/mol. The SMILES string of the molecule is CNCC1CCN(C(=O)C(C)C)CC1. The number of amides is 1. The van der Waals surface area contributed by atoms with Gasteiger partial charge in [0.05, 0.1) is 0 Å². The van der Waals surface area contributed by atoms with Crippen molar-refractivity contribution in [2.45, 2.75) is 26.7 Å². The highest BCUT2D eigenvalue weighted by Gasteiger charge is 2.23. The fourth-order valence-corrected chi connectivity index (χ4v) is 2.01. The maximum atomic E-state index is 11.7. The van der Waals surface area contributed by atoms with Gasteiger partial charge in [-0.15, -0.1) is 0 Å². The first-order valence-corrected chi connectivity index (χ1v) is 5.58. The van der Waals surface area contributed by atoms with Gasteiger partial charge in [0.15, 0.2) is 0 Å². The van der Waals surface area contributed by atoms with Crippen LogP contribution in [0.25, 0.3) is 0 Å². The molecular weight excluding hydrogens is 176 g/mol. The third-order valence-electron chi connectivity index (χ3n) is 2.91. The molecule has 0 saturated carbocycles. The van der Waals surface area contributed by atoms with Gasteiger partial charge < -0.3 is 10.2 Å². The standard InChI is InChI=1S/C11H22N2O/c1-9(2)11(14)13-6-4-10(5-7-13)8-12-3/h9-10,12H,4-8H2,1-3H3. The Morgan fingerprint density at radius 3 is 2.43 bits per heavy atom. The fraction of sp³-hybridized carbons (Fsp3) is 0.909. The Morgan fingerprint density at radius 2 is 2.00 bits per heavy atom. The zero-order chi connectivity index (χ0) is 10.6. The van der Waals surface area contributed by atoms with Crippen molar-refractivity contribution >= 4 is 5.91 Å². The van der Waals surface area contributed by atoms with Crippen LogP contribution < -0.4 is 5.32 Å². The Morgan fingerprint density at radius 1 is 1.43 bits per heavy atom. The Kier molecular flexibility index (Phi) is 4.39. The molecule has 1 rings (SSSR count). The van der Waals surface area contributed by atoms with Crippen LogP contribution in [0.3, 0.4) is 0 Å². The van der Waals surface area contributed by atoms with Gasteiger partial charge in [-0.3, -0.25) is 4.79 Å². The third-order valence-corrected chi connectivity index (χ3v) is 2.91. The molecule has 0 aromatic heterocycles. The summed E-state index contributed by atoms with van der Waals surface area (Å²) in [4.78, 5) is 13.7. The highest BCUT2D eigenvalue weighted by Crippen LogP contribution is 2.17. The van der Waals surface area contributed by atoms with Crippen molar-refractivity contribution in [3.05, 3.63) is 0 Å². The van der Waals surface area contributed by atoms with E-state index in [4.69, 9.17) is 0 Å². The van der Waals surface area contributed by atoms with Gasteiger partial charge in [-0.05, 0) is 32.4 Å². The number of nitrogens with zero attached hydrogens (tertiary/aromatic N) is 1. The Bertz CT molecular complexity index is 184. The molecule has 0 aromatic rings. The second-order valence-electron chi connectivity index (χ2n) is 4.48. The number of hydrogen-bond donors (Lipinski definition) is 1. The molecule has 14 heavy (non-hydrogen) atoms. The van der Waals surface area contributed by atoms with Crippen molar-refractivity contribution in [1.82, 2.24) is 10.2 Å². The minimum atomic E-state index is 0.149. The van der Waals surface area contributed by atoms with Gasteiger partial charge in [0.2, 0.25) is 5.91 Å². The van der Waals surface area contributed by atoms with E-state index in [9.17, 15) is 4.79 Å².